The Bertz CT molecular complexity index is 348. The first-order valence-electron chi connectivity index (χ1n) is 5.82. The van der Waals surface area contributed by atoms with E-state index in [4.69, 9.17) is 0 Å². The molecule has 0 saturated carbocycles. The number of thioether (sulfide) groups is 1. The van der Waals surface area contributed by atoms with Crippen molar-refractivity contribution in [3.05, 3.63) is 29.6 Å². The van der Waals surface area contributed by atoms with Crippen molar-refractivity contribution in [1.29, 1.82) is 0 Å². The van der Waals surface area contributed by atoms with E-state index >= 15 is 0 Å². The lowest BCUT2D eigenvalue weighted by Crippen LogP contribution is -2.31. The zero-order valence-corrected chi connectivity index (χ0v) is 10.4. The Morgan fingerprint density at radius 2 is 2.38 bits per heavy atom. The minimum absolute atomic E-state index is 0.0524. The van der Waals surface area contributed by atoms with E-state index in [-0.39, 0.29) is 5.82 Å². The highest BCUT2D eigenvalue weighted by Gasteiger charge is 2.15. The molecule has 1 aromatic carbocycles. The molecule has 0 spiro atoms. The van der Waals surface area contributed by atoms with E-state index in [1.807, 2.05) is 18.4 Å². The first-order chi connectivity index (χ1) is 7.79. The van der Waals surface area contributed by atoms with E-state index < -0.39 is 0 Å². The van der Waals surface area contributed by atoms with Crippen LogP contribution in [0.2, 0.25) is 0 Å². The Balaban J connectivity index is 2.06. The Labute approximate surface area is 101 Å². The Morgan fingerprint density at radius 1 is 1.50 bits per heavy atom. The van der Waals surface area contributed by atoms with Crippen LogP contribution < -0.4 is 5.32 Å². The normalized spacial score (nSPS) is 21.0. The molecular weight excluding hydrogens is 221 g/mol. The molecule has 0 amide bonds. The highest BCUT2D eigenvalue weighted by Crippen LogP contribution is 2.23. The summed E-state index contributed by atoms with van der Waals surface area (Å²) >= 11 is 1.67. The summed E-state index contributed by atoms with van der Waals surface area (Å²) in [6.45, 7) is 2.15. The molecular formula is C13H18FNS. The molecule has 1 fully saturated rings. The summed E-state index contributed by atoms with van der Waals surface area (Å²) in [5, 5.41) is 3.38. The number of nitrogens with one attached hydrogen (secondary N) is 1. The van der Waals surface area contributed by atoms with Crippen molar-refractivity contribution in [2.45, 2.75) is 24.2 Å². The number of rotatable bonds is 3. The second kappa shape index (κ2) is 5.69. The van der Waals surface area contributed by atoms with Crippen molar-refractivity contribution in [2.24, 2.45) is 5.92 Å². The van der Waals surface area contributed by atoms with Crippen molar-refractivity contribution in [1.82, 2.24) is 5.32 Å². The zero-order valence-electron chi connectivity index (χ0n) is 9.63. The Kier molecular flexibility index (Phi) is 4.24. The molecule has 3 heteroatoms. The molecule has 1 N–H and O–H groups in total. The van der Waals surface area contributed by atoms with Gasteiger partial charge in [0.2, 0.25) is 0 Å². The summed E-state index contributed by atoms with van der Waals surface area (Å²) in [4.78, 5) is 1.15. The third-order valence-corrected chi connectivity index (χ3v) is 3.89. The summed E-state index contributed by atoms with van der Waals surface area (Å²) in [5.74, 6) is 0.545. The monoisotopic (exact) mass is 239 g/mol. The van der Waals surface area contributed by atoms with E-state index in [2.05, 4.69) is 5.32 Å². The predicted octanol–water partition coefficient (Wildman–Crippen LogP) is 3.09. The number of hydrogen-bond donors (Lipinski definition) is 1. The first-order valence-corrected chi connectivity index (χ1v) is 7.05. The van der Waals surface area contributed by atoms with Crippen molar-refractivity contribution < 1.29 is 4.39 Å². The van der Waals surface area contributed by atoms with Gasteiger partial charge in [0.25, 0.3) is 0 Å². The van der Waals surface area contributed by atoms with Gasteiger partial charge in [0.05, 0.1) is 0 Å². The third-order valence-electron chi connectivity index (χ3n) is 3.16. The van der Waals surface area contributed by atoms with Crippen molar-refractivity contribution in [2.75, 3.05) is 19.3 Å². The molecule has 1 aromatic rings. The Morgan fingerprint density at radius 3 is 3.06 bits per heavy atom. The topological polar surface area (TPSA) is 12.0 Å². The lowest BCUT2D eigenvalue weighted by molar-refractivity contribution is 0.372. The molecule has 1 aliphatic rings. The standard InChI is InChI=1S/C13H18FNS/c1-16-12-4-5-13(14)11(8-12)7-10-3-2-6-15-9-10/h4-5,8,10,15H,2-3,6-7,9H2,1H3. The number of benzene rings is 1. The van der Waals surface area contributed by atoms with Gasteiger partial charge in [0.1, 0.15) is 5.82 Å². The zero-order chi connectivity index (χ0) is 11.4. The van der Waals surface area contributed by atoms with Gasteiger partial charge in [-0.3, -0.25) is 0 Å². The highest BCUT2D eigenvalue weighted by atomic mass is 32.2. The van der Waals surface area contributed by atoms with Gasteiger partial charge in [-0.2, -0.15) is 0 Å². The maximum atomic E-state index is 13.6. The van der Waals surface area contributed by atoms with Gasteiger partial charge in [-0.1, -0.05) is 0 Å². The van der Waals surface area contributed by atoms with Crippen molar-refractivity contribution in [3.63, 3.8) is 0 Å². The molecule has 0 bridgehead atoms. The van der Waals surface area contributed by atoms with Crippen LogP contribution in [0.25, 0.3) is 0 Å². The molecule has 1 atom stereocenters. The van der Waals surface area contributed by atoms with E-state index in [0.717, 1.165) is 30.0 Å². The lowest BCUT2D eigenvalue weighted by Gasteiger charge is -2.23. The molecule has 0 radical (unpaired) electrons. The molecule has 1 nitrogen and oxygen atoms in total. The summed E-state index contributed by atoms with van der Waals surface area (Å²) in [6, 6.07) is 5.44. The van der Waals surface area contributed by atoms with Crippen molar-refractivity contribution >= 4 is 11.8 Å². The molecule has 88 valence electrons. The van der Waals surface area contributed by atoms with E-state index in [0.29, 0.717) is 5.92 Å². The van der Waals surface area contributed by atoms with Gasteiger partial charge < -0.3 is 5.32 Å². The number of halogens is 1. The van der Waals surface area contributed by atoms with E-state index in [1.54, 1.807) is 17.8 Å². The SMILES string of the molecule is CSc1ccc(F)c(CC2CCCNC2)c1. The molecule has 1 heterocycles. The molecule has 1 aliphatic heterocycles. The van der Waals surface area contributed by atoms with Crippen LogP contribution in [0.5, 0.6) is 0 Å². The first kappa shape index (κ1) is 11.9. The highest BCUT2D eigenvalue weighted by molar-refractivity contribution is 7.98. The fourth-order valence-corrected chi connectivity index (χ4v) is 2.71. The van der Waals surface area contributed by atoms with Gasteiger partial charge in [-0.25, -0.2) is 4.39 Å². The van der Waals surface area contributed by atoms with Crippen LogP contribution in [0.15, 0.2) is 23.1 Å². The van der Waals surface area contributed by atoms with Gasteiger partial charge in [-0.15, -0.1) is 11.8 Å². The second-order valence-electron chi connectivity index (χ2n) is 4.37. The molecule has 0 aromatic heterocycles. The number of piperidine rings is 1. The Hall–Kier alpha value is -0.540. The van der Waals surface area contributed by atoms with Crippen LogP contribution in [0, 0.1) is 11.7 Å². The summed E-state index contributed by atoms with van der Waals surface area (Å²) in [6.07, 6.45) is 5.33. The minimum Gasteiger partial charge on any atom is -0.316 e. The quantitative estimate of drug-likeness (QED) is 0.814. The fraction of sp³-hybridized carbons (Fsp3) is 0.538. The fourth-order valence-electron chi connectivity index (χ4n) is 2.24. The van der Waals surface area contributed by atoms with E-state index in [9.17, 15) is 4.39 Å². The summed E-state index contributed by atoms with van der Waals surface area (Å²) in [5.41, 5.74) is 0.876. The summed E-state index contributed by atoms with van der Waals surface area (Å²) in [7, 11) is 0. The second-order valence-corrected chi connectivity index (χ2v) is 5.25. The van der Waals surface area contributed by atoms with E-state index in [1.165, 1.54) is 12.8 Å². The van der Waals surface area contributed by atoms with Crippen LogP contribution in [-0.4, -0.2) is 19.3 Å². The maximum absolute atomic E-state index is 13.6. The van der Waals surface area contributed by atoms with Crippen molar-refractivity contribution in [3.8, 4) is 0 Å². The molecule has 1 saturated heterocycles. The minimum atomic E-state index is -0.0524. The van der Waals surface area contributed by atoms with Crippen LogP contribution in [0.3, 0.4) is 0 Å². The largest absolute Gasteiger partial charge is 0.316 e. The molecule has 16 heavy (non-hydrogen) atoms. The smallest absolute Gasteiger partial charge is 0.126 e. The molecule has 2 rings (SSSR count). The van der Waals surface area contributed by atoms with Gasteiger partial charge in [0.15, 0.2) is 0 Å². The summed E-state index contributed by atoms with van der Waals surface area (Å²) < 4.78 is 13.6. The van der Waals surface area contributed by atoms with Gasteiger partial charge >= 0.3 is 0 Å². The molecule has 0 aliphatic carbocycles. The maximum Gasteiger partial charge on any atom is 0.126 e. The van der Waals surface area contributed by atoms with Crippen LogP contribution in [-0.2, 0) is 6.42 Å². The van der Waals surface area contributed by atoms with Gasteiger partial charge in [0, 0.05) is 4.90 Å². The number of hydrogen-bond acceptors (Lipinski definition) is 2. The molecule has 1 unspecified atom stereocenters. The van der Waals surface area contributed by atoms with Crippen LogP contribution >= 0.6 is 11.8 Å². The average Bonchev–Trinajstić information content (AvgIpc) is 2.33. The van der Waals surface area contributed by atoms with Gasteiger partial charge in [-0.05, 0) is 68.3 Å². The predicted molar refractivity (Wildman–Crippen MR) is 67.5 cm³/mol. The lowest BCUT2D eigenvalue weighted by atomic mass is 9.92. The van der Waals surface area contributed by atoms with Crippen LogP contribution in [0.1, 0.15) is 18.4 Å². The third kappa shape index (κ3) is 2.98. The van der Waals surface area contributed by atoms with Crippen LogP contribution in [0.4, 0.5) is 4.39 Å². The average molecular weight is 239 g/mol.